The van der Waals surface area contributed by atoms with E-state index in [1.54, 1.807) is 13.0 Å². The van der Waals surface area contributed by atoms with E-state index in [2.05, 4.69) is 11.8 Å². The quantitative estimate of drug-likeness (QED) is 0.782. The predicted molar refractivity (Wildman–Crippen MR) is 60.1 cm³/mol. The van der Waals surface area contributed by atoms with Crippen LogP contribution in [0.1, 0.15) is 23.6 Å². The topological polar surface area (TPSA) is 37.3 Å². The fraction of sp³-hybridized carbons (Fsp3) is 0.250. The zero-order valence-corrected chi connectivity index (χ0v) is 9.35. The molecule has 15 heavy (non-hydrogen) atoms. The van der Waals surface area contributed by atoms with Crippen LogP contribution in [0.2, 0.25) is 5.02 Å². The predicted octanol–water partition coefficient (Wildman–Crippen LogP) is 2.65. The van der Waals surface area contributed by atoms with E-state index in [0.717, 1.165) is 11.1 Å². The van der Waals surface area contributed by atoms with E-state index in [0.29, 0.717) is 10.6 Å². The summed E-state index contributed by atoms with van der Waals surface area (Å²) in [5, 5.41) is 9.17. The van der Waals surface area contributed by atoms with Gasteiger partial charge in [-0.2, -0.15) is 0 Å². The largest absolute Gasteiger partial charge is 0.481 e. The summed E-state index contributed by atoms with van der Waals surface area (Å²) in [6.07, 6.45) is -0.0511. The minimum absolute atomic E-state index is 0.0511. The lowest BCUT2D eigenvalue weighted by molar-refractivity contribution is -0.136. The summed E-state index contributed by atoms with van der Waals surface area (Å²) in [6.45, 7) is 3.58. The number of carbonyl (C=O) groups is 1. The summed E-state index contributed by atoms with van der Waals surface area (Å²) in [7, 11) is 0. The number of rotatable bonds is 2. The first-order valence-corrected chi connectivity index (χ1v) is 4.86. The minimum atomic E-state index is -0.880. The third-order valence-corrected chi connectivity index (χ3v) is 2.35. The molecule has 0 atom stereocenters. The van der Waals surface area contributed by atoms with Gasteiger partial charge in [-0.15, -0.1) is 5.92 Å². The van der Waals surface area contributed by atoms with Crippen LogP contribution in [0.5, 0.6) is 0 Å². The standard InChI is InChI=1S/C12H11ClO2/c1-3-4-9-5-8(2)10(7-12(14)15)11(13)6-9/h5-6H,7H2,1-2H3,(H,14,15). The monoisotopic (exact) mass is 222 g/mol. The second-order valence-corrected chi connectivity index (χ2v) is 3.61. The van der Waals surface area contributed by atoms with E-state index in [9.17, 15) is 4.79 Å². The van der Waals surface area contributed by atoms with Gasteiger partial charge in [0.1, 0.15) is 0 Å². The van der Waals surface area contributed by atoms with Crippen molar-refractivity contribution in [3.63, 3.8) is 0 Å². The molecule has 0 spiro atoms. The smallest absolute Gasteiger partial charge is 0.307 e. The van der Waals surface area contributed by atoms with Gasteiger partial charge >= 0.3 is 5.97 Å². The zero-order valence-electron chi connectivity index (χ0n) is 8.60. The molecule has 78 valence electrons. The van der Waals surface area contributed by atoms with Gasteiger partial charge in [0.05, 0.1) is 6.42 Å². The minimum Gasteiger partial charge on any atom is -0.481 e. The molecule has 0 fully saturated rings. The zero-order chi connectivity index (χ0) is 11.4. The lowest BCUT2D eigenvalue weighted by atomic mass is 10.0. The van der Waals surface area contributed by atoms with E-state index in [4.69, 9.17) is 16.7 Å². The highest BCUT2D eigenvalue weighted by atomic mass is 35.5. The molecule has 1 aromatic carbocycles. The molecule has 0 bridgehead atoms. The Balaban J connectivity index is 3.18. The van der Waals surface area contributed by atoms with Gasteiger partial charge in [-0.25, -0.2) is 0 Å². The molecule has 0 radical (unpaired) electrons. The number of hydrogen-bond donors (Lipinski definition) is 1. The summed E-state index contributed by atoms with van der Waals surface area (Å²) in [4.78, 5) is 10.6. The number of hydrogen-bond acceptors (Lipinski definition) is 1. The Bertz CT molecular complexity index is 429. The summed E-state index contributed by atoms with van der Waals surface area (Å²) in [6, 6.07) is 3.55. The molecule has 0 aliphatic rings. The van der Waals surface area contributed by atoms with Crippen LogP contribution in [0.25, 0.3) is 0 Å². The van der Waals surface area contributed by atoms with Crippen molar-refractivity contribution in [2.24, 2.45) is 0 Å². The van der Waals surface area contributed by atoms with Crippen molar-refractivity contribution >= 4 is 17.6 Å². The van der Waals surface area contributed by atoms with Crippen molar-refractivity contribution in [3.05, 3.63) is 33.8 Å². The third-order valence-electron chi connectivity index (χ3n) is 2.02. The molecule has 0 unspecified atom stereocenters. The molecule has 0 amide bonds. The van der Waals surface area contributed by atoms with Gasteiger partial charge in [-0.1, -0.05) is 17.5 Å². The van der Waals surface area contributed by atoms with Crippen molar-refractivity contribution in [2.45, 2.75) is 20.3 Å². The molecule has 3 heteroatoms. The Morgan fingerprint density at radius 3 is 2.67 bits per heavy atom. The molecule has 2 nitrogen and oxygen atoms in total. The van der Waals surface area contributed by atoms with Crippen molar-refractivity contribution in [1.29, 1.82) is 0 Å². The van der Waals surface area contributed by atoms with Crippen LogP contribution in [0.4, 0.5) is 0 Å². The fourth-order valence-electron chi connectivity index (χ4n) is 1.37. The lowest BCUT2D eigenvalue weighted by Gasteiger charge is -2.06. The first kappa shape index (κ1) is 11.6. The molecule has 0 aliphatic carbocycles. The lowest BCUT2D eigenvalue weighted by Crippen LogP contribution is -2.03. The Hall–Kier alpha value is -1.46. The molecule has 0 heterocycles. The maximum atomic E-state index is 10.6. The molecule has 1 rings (SSSR count). The average molecular weight is 223 g/mol. The highest BCUT2D eigenvalue weighted by Gasteiger charge is 2.09. The van der Waals surface area contributed by atoms with E-state index < -0.39 is 5.97 Å². The van der Waals surface area contributed by atoms with Crippen LogP contribution in [-0.2, 0) is 11.2 Å². The second kappa shape index (κ2) is 4.86. The molecule has 0 aliphatic heterocycles. The Morgan fingerprint density at radius 2 is 2.20 bits per heavy atom. The molecule has 0 saturated carbocycles. The SMILES string of the molecule is CC#Cc1cc(C)c(CC(=O)O)c(Cl)c1. The Morgan fingerprint density at radius 1 is 1.53 bits per heavy atom. The summed E-state index contributed by atoms with van der Waals surface area (Å²) < 4.78 is 0. The van der Waals surface area contributed by atoms with Gasteiger partial charge in [0, 0.05) is 10.6 Å². The molecule has 0 saturated heterocycles. The van der Waals surface area contributed by atoms with Gasteiger partial charge in [0.2, 0.25) is 0 Å². The van der Waals surface area contributed by atoms with Crippen LogP contribution in [0, 0.1) is 18.8 Å². The average Bonchev–Trinajstić information content (AvgIpc) is 2.11. The van der Waals surface area contributed by atoms with Gasteiger partial charge in [-0.05, 0) is 37.1 Å². The number of carboxylic acids is 1. The first-order valence-electron chi connectivity index (χ1n) is 4.48. The molecule has 0 aromatic heterocycles. The summed E-state index contributed by atoms with van der Waals surface area (Å²) in [5.41, 5.74) is 2.34. The Labute approximate surface area is 93.9 Å². The molecular weight excluding hydrogens is 212 g/mol. The van der Waals surface area contributed by atoms with Crippen molar-refractivity contribution in [1.82, 2.24) is 0 Å². The van der Waals surface area contributed by atoms with Crippen molar-refractivity contribution < 1.29 is 9.90 Å². The second-order valence-electron chi connectivity index (χ2n) is 3.20. The van der Waals surface area contributed by atoms with E-state index >= 15 is 0 Å². The van der Waals surface area contributed by atoms with Crippen LogP contribution >= 0.6 is 11.6 Å². The number of carboxylic acid groups (broad SMARTS) is 1. The Kier molecular flexibility index (Phi) is 3.76. The highest BCUT2D eigenvalue weighted by molar-refractivity contribution is 6.31. The summed E-state index contributed by atoms with van der Waals surface area (Å²) in [5.74, 6) is 4.78. The van der Waals surface area contributed by atoms with E-state index in [-0.39, 0.29) is 6.42 Å². The van der Waals surface area contributed by atoms with E-state index in [1.807, 2.05) is 13.0 Å². The summed E-state index contributed by atoms with van der Waals surface area (Å²) >= 11 is 5.98. The fourth-order valence-corrected chi connectivity index (χ4v) is 1.70. The van der Waals surface area contributed by atoms with Gasteiger partial charge in [-0.3, -0.25) is 4.79 Å². The van der Waals surface area contributed by atoms with E-state index in [1.165, 1.54) is 0 Å². The maximum Gasteiger partial charge on any atom is 0.307 e. The van der Waals surface area contributed by atoms with Crippen LogP contribution in [0.3, 0.4) is 0 Å². The molecule has 1 aromatic rings. The van der Waals surface area contributed by atoms with Crippen molar-refractivity contribution in [2.75, 3.05) is 0 Å². The van der Waals surface area contributed by atoms with Crippen LogP contribution in [-0.4, -0.2) is 11.1 Å². The number of halogens is 1. The number of aryl methyl sites for hydroxylation is 1. The van der Waals surface area contributed by atoms with Gasteiger partial charge in [0.25, 0.3) is 0 Å². The maximum absolute atomic E-state index is 10.6. The third kappa shape index (κ3) is 3.00. The van der Waals surface area contributed by atoms with Crippen LogP contribution < -0.4 is 0 Å². The molecule has 1 N–H and O–H groups in total. The normalized spacial score (nSPS) is 9.27. The molecular formula is C12H11ClO2. The number of aliphatic carboxylic acids is 1. The van der Waals surface area contributed by atoms with Gasteiger partial charge < -0.3 is 5.11 Å². The van der Waals surface area contributed by atoms with Gasteiger partial charge in [0.15, 0.2) is 0 Å². The van der Waals surface area contributed by atoms with Crippen LogP contribution in [0.15, 0.2) is 12.1 Å². The first-order chi connectivity index (χ1) is 7.04. The highest BCUT2D eigenvalue weighted by Crippen LogP contribution is 2.22. The van der Waals surface area contributed by atoms with Crippen molar-refractivity contribution in [3.8, 4) is 11.8 Å². The number of benzene rings is 1.